The predicted octanol–water partition coefficient (Wildman–Crippen LogP) is 1.82. The second kappa shape index (κ2) is 7.12. The Hall–Kier alpha value is -2.58. The zero-order chi connectivity index (χ0) is 18.8. The molecule has 2 atom stereocenters. The topological polar surface area (TPSA) is 86.7 Å². The minimum Gasteiger partial charge on any atom is -0.480 e. The van der Waals surface area contributed by atoms with Crippen LogP contribution < -0.4 is 5.32 Å². The van der Waals surface area contributed by atoms with E-state index in [0.717, 1.165) is 12.1 Å². The van der Waals surface area contributed by atoms with Gasteiger partial charge in [-0.25, -0.2) is 0 Å². The zero-order valence-corrected chi connectivity index (χ0v) is 13.3. The van der Waals surface area contributed by atoms with Crippen LogP contribution in [0.15, 0.2) is 24.3 Å². The van der Waals surface area contributed by atoms with E-state index in [-0.39, 0.29) is 18.7 Å². The largest absolute Gasteiger partial charge is 0.480 e. The molecule has 0 aliphatic carbocycles. The molecule has 2 amide bonds. The average Bonchev–Trinajstić information content (AvgIpc) is 2.54. The lowest BCUT2D eigenvalue weighted by Gasteiger charge is -2.38. The van der Waals surface area contributed by atoms with Crippen LogP contribution in [0.4, 0.5) is 13.2 Å². The Bertz CT molecular complexity index is 673. The van der Waals surface area contributed by atoms with Gasteiger partial charge in [0.1, 0.15) is 6.54 Å². The summed E-state index contributed by atoms with van der Waals surface area (Å²) in [5.41, 5.74) is -0.438. The van der Waals surface area contributed by atoms with Crippen LogP contribution in [0.2, 0.25) is 0 Å². The van der Waals surface area contributed by atoms with Crippen molar-refractivity contribution in [1.82, 2.24) is 10.2 Å². The molecular formula is C16H17F3N2O4. The summed E-state index contributed by atoms with van der Waals surface area (Å²) < 4.78 is 38.1. The van der Waals surface area contributed by atoms with Crippen molar-refractivity contribution in [3.05, 3.63) is 35.4 Å². The van der Waals surface area contributed by atoms with E-state index in [1.54, 1.807) is 0 Å². The Balaban J connectivity index is 2.29. The molecule has 0 bridgehead atoms. The molecule has 1 aliphatic heterocycles. The summed E-state index contributed by atoms with van der Waals surface area (Å²) in [4.78, 5) is 36.1. The highest BCUT2D eigenvalue weighted by Crippen LogP contribution is 2.37. The molecule has 1 heterocycles. The molecule has 2 N–H and O–H groups in total. The molecule has 2 rings (SSSR count). The first-order valence-electron chi connectivity index (χ1n) is 7.53. The van der Waals surface area contributed by atoms with Gasteiger partial charge in [-0.3, -0.25) is 14.4 Å². The highest BCUT2D eigenvalue weighted by atomic mass is 19.4. The number of hydrogen-bond acceptors (Lipinski definition) is 3. The van der Waals surface area contributed by atoms with Crippen molar-refractivity contribution in [3.63, 3.8) is 0 Å². The van der Waals surface area contributed by atoms with Gasteiger partial charge in [-0.05, 0) is 24.1 Å². The first-order chi connectivity index (χ1) is 11.6. The molecule has 0 aromatic heterocycles. The maximum atomic E-state index is 12.7. The number of carboxylic acids is 1. The molecule has 1 aliphatic rings. The van der Waals surface area contributed by atoms with Gasteiger partial charge >= 0.3 is 12.1 Å². The Morgan fingerprint density at radius 3 is 2.40 bits per heavy atom. The number of carbonyl (C=O) groups is 3. The molecule has 1 fully saturated rings. The summed E-state index contributed by atoms with van der Waals surface area (Å²) in [5.74, 6) is -2.72. The van der Waals surface area contributed by atoms with Crippen LogP contribution >= 0.6 is 0 Å². The van der Waals surface area contributed by atoms with Crippen molar-refractivity contribution >= 4 is 17.8 Å². The summed E-state index contributed by atoms with van der Waals surface area (Å²) in [6.07, 6.45) is -4.18. The number of nitrogens with zero attached hydrogens (tertiary/aromatic N) is 1. The molecule has 136 valence electrons. The Morgan fingerprint density at radius 2 is 1.88 bits per heavy atom. The number of carboxylic acid groups (broad SMARTS) is 1. The number of likely N-dealkylation sites (tertiary alicyclic amines) is 1. The molecule has 0 spiro atoms. The van der Waals surface area contributed by atoms with Gasteiger partial charge in [0.2, 0.25) is 11.8 Å². The third kappa shape index (κ3) is 4.28. The summed E-state index contributed by atoms with van der Waals surface area (Å²) in [6, 6.07) is 3.51. The van der Waals surface area contributed by atoms with Crippen LogP contribution in [0.1, 0.15) is 30.0 Å². The van der Waals surface area contributed by atoms with Crippen molar-refractivity contribution in [2.75, 3.05) is 13.6 Å². The number of nitrogens with one attached hydrogen (secondary N) is 1. The van der Waals surface area contributed by atoms with Crippen LogP contribution in [0.5, 0.6) is 0 Å². The maximum Gasteiger partial charge on any atom is 0.416 e. The predicted molar refractivity (Wildman–Crippen MR) is 80.3 cm³/mol. The summed E-state index contributed by atoms with van der Waals surface area (Å²) >= 11 is 0. The van der Waals surface area contributed by atoms with Crippen LogP contribution in [0.3, 0.4) is 0 Å². The molecule has 0 radical (unpaired) electrons. The second-order valence-electron chi connectivity index (χ2n) is 5.83. The lowest BCUT2D eigenvalue weighted by atomic mass is 9.83. The van der Waals surface area contributed by atoms with Gasteiger partial charge in [0.05, 0.1) is 17.5 Å². The molecule has 25 heavy (non-hydrogen) atoms. The van der Waals surface area contributed by atoms with Gasteiger partial charge in [0, 0.05) is 13.5 Å². The Kier molecular flexibility index (Phi) is 5.34. The molecule has 1 aromatic carbocycles. The number of rotatable bonds is 4. The summed E-state index contributed by atoms with van der Waals surface area (Å²) in [6.45, 7) is -0.563. The highest BCUT2D eigenvalue weighted by molar-refractivity contribution is 5.86. The van der Waals surface area contributed by atoms with Crippen LogP contribution in [-0.2, 0) is 20.6 Å². The van der Waals surface area contributed by atoms with Crippen LogP contribution in [0, 0.1) is 5.92 Å². The van der Waals surface area contributed by atoms with E-state index < -0.39 is 42.1 Å². The number of hydrogen-bond donors (Lipinski definition) is 2. The Morgan fingerprint density at radius 1 is 1.28 bits per heavy atom. The van der Waals surface area contributed by atoms with Crippen molar-refractivity contribution in [2.24, 2.45) is 5.92 Å². The van der Waals surface area contributed by atoms with Crippen LogP contribution in [0.25, 0.3) is 0 Å². The number of benzene rings is 1. The normalized spacial score (nSPS) is 21.1. The minimum atomic E-state index is -4.48. The van der Waals surface area contributed by atoms with Gasteiger partial charge in [0.15, 0.2) is 0 Å². The van der Waals surface area contributed by atoms with E-state index in [2.05, 4.69) is 5.32 Å². The van der Waals surface area contributed by atoms with Gasteiger partial charge in [0.25, 0.3) is 0 Å². The maximum absolute atomic E-state index is 12.7. The molecule has 0 saturated carbocycles. The number of piperidine rings is 1. The highest BCUT2D eigenvalue weighted by Gasteiger charge is 2.39. The van der Waals surface area contributed by atoms with E-state index in [1.807, 2.05) is 0 Å². The number of amides is 2. The number of alkyl halides is 3. The third-order valence-electron chi connectivity index (χ3n) is 4.19. The molecule has 0 unspecified atom stereocenters. The fraction of sp³-hybridized carbons (Fsp3) is 0.438. The molecule has 9 heteroatoms. The van der Waals surface area contributed by atoms with Crippen molar-refractivity contribution in [1.29, 1.82) is 0 Å². The second-order valence-corrected chi connectivity index (χ2v) is 5.83. The van der Waals surface area contributed by atoms with Crippen molar-refractivity contribution in [3.8, 4) is 0 Å². The van der Waals surface area contributed by atoms with E-state index in [0.29, 0.717) is 5.56 Å². The van der Waals surface area contributed by atoms with Crippen LogP contribution in [-0.4, -0.2) is 41.4 Å². The summed E-state index contributed by atoms with van der Waals surface area (Å²) in [7, 11) is 1.47. The monoisotopic (exact) mass is 358 g/mol. The molecular weight excluding hydrogens is 341 g/mol. The quantitative estimate of drug-likeness (QED) is 0.860. The SMILES string of the molecule is CN1C(=O)CC[C@H](C(=O)NCC(=O)O)[C@@H]1c1ccc(C(F)(F)F)cc1. The minimum absolute atomic E-state index is 0.110. The standard InChI is InChI=1S/C16H17F3N2O4/c1-21-12(22)7-6-11(15(25)20-8-13(23)24)14(21)9-2-4-10(5-3-9)16(17,18)19/h2-5,11,14H,6-8H2,1H3,(H,20,25)(H,23,24)/t11-,14-/m0/s1. The van der Waals surface area contributed by atoms with E-state index in [1.165, 1.54) is 24.1 Å². The number of halogens is 3. The fourth-order valence-corrected chi connectivity index (χ4v) is 2.93. The molecule has 1 saturated heterocycles. The average molecular weight is 358 g/mol. The third-order valence-corrected chi connectivity index (χ3v) is 4.19. The van der Waals surface area contributed by atoms with Gasteiger partial charge in [-0.15, -0.1) is 0 Å². The first kappa shape index (κ1) is 18.8. The van der Waals surface area contributed by atoms with Crippen molar-refractivity contribution < 1.29 is 32.7 Å². The molecule has 1 aromatic rings. The van der Waals surface area contributed by atoms with Crippen molar-refractivity contribution in [2.45, 2.75) is 25.1 Å². The van der Waals surface area contributed by atoms with E-state index in [9.17, 15) is 27.6 Å². The number of carbonyl (C=O) groups excluding carboxylic acids is 2. The van der Waals surface area contributed by atoms with Gasteiger partial charge in [-0.1, -0.05) is 12.1 Å². The molecule has 6 nitrogen and oxygen atoms in total. The smallest absolute Gasteiger partial charge is 0.416 e. The van der Waals surface area contributed by atoms with Gasteiger partial charge in [-0.2, -0.15) is 13.2 Å². The van der Waals surface area contributed by atoms with E-state index >= 15 is 0 Å². The zero-order valence-electron chi connectivity index (χ0n) is 13.3. The lowest BCUT2D eigenvalue weighted by Crippen LogP contribution is -2.47. The first-order valence-corrected chi connectivity index (χ1v) is 7.53. The fourth-order valence-electron chi connectivity index (χ4n) is 2.93. The summed E-state index contributed by atoms with van der Waals surface area (Å²) in [5, 5.41) is 10.9. The number of aliphatic carboxylic acids is 1. The lowest BCUT2D eigenvalue weighted by molar-refractivity contribution is -0.144. The van der Waals surface area contributed by atoms with E-state index in [4.69, 9.17) is 5.11 Å². The van der Waals surface area contributed by atoms with Gasteiger partial charge < -0.3 is 15.3 Å². The Labute approximate surface area is 141 Å².